The summed E-state index contributed by atoms with van der Waals surface area (Å²) in [5, 5.41) is 0.991. The van der Waals surface area contributed by atoms with Crippen molar-refractivity contribution in [1.29, 1.82) is 0 Å². The first-order valence-electron chi connectivity index (χ1n) is 11.1. The number of carbonyl (C=O) groups is 1. The molecule has 0 aliphatic carbocycles. The molecule has 0 saturated carbocycles. The van der Waals surface area contributed by atoms with E-state index in [1.54, 1.807) is 11.1 Å². The topological polar surface area (TPSA) is 96.2 Å². The summed E-state index contributed by atoms with van der Waals surface area (Å²) in [5.74, 6) is 2.00. The Morgan fingerprint density at radius 1 is 1.09 bits per heavy atom. The number of anilines is 1. The van der Waals surface area contributed by atoms with Gasteiger partial charge >= 0.3 is 6.09 Å². The van der Waals surface area contributed by atoms with Crippen LogP contribution in [0.4, 0.5) is 10.6 Å². The first kappa shape index (κ1) is 22.8. The summed E-state index contributed by atoms with van der Waals surface area (Å²) in [6.45, 7) is 9.06. The fourth-order valence-corrected chi connectivity index (χ4v) is 5.08. The molecule has 9 nitrogen and oxygen atoms in total. The van der Waals surface area contributed by atoms with Crippen LogP contribution in [-0.4, -0.2) is 79.8 Å². The zero-order valence-corrected chi connectivity index (χ0v) is 20.0. The molecule has 2 aliphatic heterocycles. The highest BCUT2D eigenvalue weighted by molar-refractivity contribution is 7.88. The minimum Gasteiger partial charge on any atom is -0.459 e. The Balaban J connectivity index is 1.39. The van der Waals surface area contributed by atoms with Gasteiger partial charge in [-0.1, -0.05) is 0 Å². The SMILES string of the molecule is CC(C)(C)OC(=O)N1CCC(c2cc3cc(N4CCN(S(C)(=O)=O)CC4)ncc3o2)CC1. The van der Waals surface area contributed by atoms with E-state index in [1.165, 1.54) is 10.6 Å². The van der Waals surface area contributed by atoms with Crippen LogP contribution in [0.3, 0.4) is 0 Å². The van der Waals surface area contributed by atoms with Gasteiger partial charge in [0.05, 0.1) is 12.5 Å². The van der Waals surface area contributed by atoms with E-state index in [4.69, 9.17) is 9.15 Å². The number of aromatic nitrogens is 1. The number of pyridine rings is 1. The van der Waals surface area contributed by atoms with Crippen LogP contribution in [0.2, 0.25) is 0 Å². The van der Waals surface area contributed by atoms with Gasteiger partial charge in [0, 0.05) is 50.6 Å². The Labute approximate surface area is 189 Å². The first-order valence-corrected chi connectivity index (χ1v) is 12.9. The van der Waals surface area contributed by atoms with Gasteiger partial charge in [-0.05, 0) is 45.7 Å². The minimum atomic E-state index is -3.15. The van der Waals surface area contributed by atoms with E-state index >= 15 is 0 Å². The second kappa shape index (κ2) is 8.55. The molecule has 0 bridgehead atoms. The zero-order valence-electron chi connectivity index (χ0n) is 19.2. The van der Waals surface area contributed by atoms with Crippen LogP contribution in [0.1, 0.15) is 45.3 Å². The Bertz CT molecular complexity index is 1080. The van der Waals surface area contributed by atoms with Crippen LogP contribution < -0.4 is 4.90 Å². The summed E-state index contributed by atoms with van der Waals surface area (Å²) in [5.41, 5.74) is 0.252. The molecule has 2 aromatic rings. The third kappa shape index (κ3) is 5.17. The molecule has 176 valence electrons. The molecule has 2 saturated heterocycles. The van der Waals surface area contributed by atoms with Crippen molar-refractivity contribution in [2.45, 2.75) is 45.1 Å². The van der Waals surface area contributed by atoms with E-state index < -0.39 is 15.6 Å². The van der Waals surface area contributed by atoms with E-state index in [-0.39, 0.29) is 12.0 Å². The molecule has 2 aliphatic rings. The number of furan rings is 1. The molecule has 2 aromatic heterocycles. The molecule has 0 radical (unpaired) electrons. The van der Waals surface area contributed by atoms with Gasteiger partial charge in [0.15, 0.2) is 5.58 Å². The normalized spacial score (nSPS) is 19.5. The summed E-state index contributed by atoms with van der Waals surface area (Å²) >= 11 is 0. The number of sulfonamides is 1. The van der Waals surface area contributed by atoms with Crippen molar-refractivity contribution < 1.29 is 22.4 Å². The van der Waals surface area contributed by atoms with Crippen molar-refractivity contribution in [2.75, 3.05) is 50.4 Å². The van der Waals surface area contributed by atoms with Gasteiger partial charge in [-0.2, -0.15) is 4.31 Å². The third-order valence-electron chi connectivity index (χ3n) is 5.99. The molecule has 0 spiro atoms. The van der Waals surface area contributed by atoms with Crippen molar-refractivity contribution in [3.8, 4) is 0 Å². The molecule has 1 amide bonds. The molecule has 2 fully saturated rings. The second-order valence-electron chi connectivity index (χ2n) is 9.62. The molecule has 32 heavy (non-hydrogen) atoms. The smallest absolute Gasteiger partial charge is 0.410 e. The standard InChI is InChI=1S/C22H32N4O5S/c1-22(2,3)31-21(27)25-7-5-16(6-8-25)18-13-17-14-20(23-15-19(17)30-18)24-9-11-26(12-10-24)32(4,28)29/h13-16H,5-12H2,1-4H3. The number of piperazine rings is 1. The second-order valence-corrected chi connectivity index (χ2v) is 11.6. The van der Waals surface area contributed by atoms with Gasteiger partial charge in [0.1, 0.15) is 17.2 Å². The molecule has 0 atom stereocenters. The lowest BCUT2D eigenvalue weighted by atomic mass is 9.94. The minimum absolute atomic E-state index is 0.253. The predicted molar refractivity (Wildman–Crippen MR) is 122 cm³/mol. The zero-order chi connectivity index (χ0) is 23.1. The Morgan fingerprint density at radius 3 is 2.34 bits per heavy atom. The van der Waals surface area contributed by atoms with E-state index in [0.29, 0.717) is 39.3 Å². The third-order valence-corrected chi connectivity index (χ3v) is 7.29. The average molecular weight is 465 g/mol. The van der Waals surface area contributed by atoms with Crippen LogP contribution >= 0.6 is 0 Å². The van der Waals surface area contributed by atoms with E-state index in [2.05, 4.69) is 16.0 Å². The van der Waals surface area contributed by atoms with Crippen LogP contribution in [0.5, 0.6) is 0 Å². The van der Waals surface area contributed by atoms with Gasteiger partial charge in [-0.3, -0.25) is 0 Å². The monoisotopic (exact) mass is 464 g/mol. The average Bonchev–Trinajstić information content (AvgIpc) is 3.15. The van der Waals surface area contributed by atoms with E-state index in [0.717, 1.165) is 35.4 Å². The number of fused-ring (bicyclic) bond motifs is 1. The molecule has 0 unspecified atom stereocenters. The van der Waals surface area contributed by atoms with Gasteiger partial charge in [-0.15, -0.1) is 0 Å². The molecular formula is C22H32N4O5S. The quantitative estimate of drug-likeness (QED) is 0.689. The number of nitrogens with zero attached hydrogens (tertiary/aromatic N) is 4. The number of carbonyl (C=O) groups excluding carboxylic acids is 1. The number of hydrogen-bond donors (Lipinski definition) is 0. The van der Waals surface area contributed by atoms with Gasteiger partial charge in [0.25, 0.3) is 0 Å². The predicted octanol–water partition coefficient (Wildman–Crippen LogP) is 3.02. The van der Waals surface area contributed by atoms with E-state index in [9.17, 15) is 13.2 Å². The highest BCUT2D eigenvalue weighted by atomic mass is 32.2. The first-order chi connectivity index (χ1) is 15.0. The van der Waals surface area contributed by atoms with E-state index in [1.807, 2.05) is 26.8 Å². The summed E-state index contributed by atoms with van der Waals surface area (Å²) in [6, 6.07) is 4.08. The summed E-state index contributed by atoms with van der Waals surface area (Å²) in [7, 11) is -3.15. The lowest BCUT2D eigenvalue weighted by Crippen LogP contribution is -2.48. The van der Waals surface area contributed by atoms with Crippen molar-refractivity contribution in [2.24, 2.45) is 0 Å². The van der Waals surface area contributed by atoms with Crippen LogP contribution in [-0.2, 0) is 14.8 Å². The lowest BCUT2D eigenvalue weighted by molar-refractivity contribution is 0.0200. The van der Waals surface area contributed by atoms with Crippen molar-refractivity contribution in [3.63, 3.8) is 0 Å². The van der Waals surface area contributed by atoms with Crippen molar-refractivity contribution >= 4 is 32.9 Å². The number of ether oxygens (including phenoxy) is 1. The summed E-state index contributed by atoms with van der Waals surface area (Å²) in [4.78, 5) is 20.7. The maximum atomic E-state index is 12.3. The maximum Gasteiger partial charge on any atom is 0.410 e. The number of hydrogen-bond acceptors (Lipinski definition) is 7. The highest BCUT2D eigenvalue weighted by Gasteiger charge is 2.29. The number of likely N-dealkylation sites (tertiary alicyclic amines) is 1. The Morgan fingerprint density at radius 2 is 1.75 bits per heavy atom. The molecule has 4 rings (SSSR count). The fraction of sp³-hybridized carbons (Fsp3) is 0.636. The molecular weight excluding hydrogens is 432 g/mol. The van der Waals surface area contributed by atoms with Gasteiger partial charge < -0.3 is 19.0 Å². The maximum absolute atomic E-state index is 12.3. The lowest BCUT2D eigenvalue weighted by Gasteiger charge is -2.33. The van der Waals surface area contributed by atoms with Crippen LogP contribution in [0.25, 0.3) is 11.0 Å². The number of rotatable bonds is 3. The summed E-state index contributed by atoms with van der Waals surface area (Å²) < 4.78 is 36.5. The Hall–Kier alpha value is -2.33. The molecule has 0 N–H and O–H groups in total. The van der Waals surface area contributed by atoms with Gasteiger partial charge in [0.2, 0.25) is 10.0 Å². The molecule has 4 heterocycles. The summed E-state index contributed by atoms with van der Waals surface area (Å²) in [6.07, 6.45) is 4.38. The number of piperidine rings is 1. The highest BCUT2D eigenvalue weighted by Crippen LogP contribution is 2.33. The Kier molecular flexibility index (Phi) is 6.10. The van der Waals surface area contributed by atoms with Gasteiger partial charge in [-0.25, -0.2) is 18.2 Å². The van der Waals surface area contributed by atoms with Crippen LogP contribution in [0, 0.1) is 0 Å². The van der Waals surface area contributed by atoms with Crippen molar-refractivity contribution in [1.82, 2.24) is 14.2 Å². The van der Waals surface area contributed by atoms with Crippen LogP contribution in [0.15, 0.2) is 22.7 Å². The van der Waals surface area contributed by atoms with Crippen molar-refractivity contribution in [3.05, 3.63) is 24.1 Å². The largest absolute Gasteiger partial charge is 0.459 e. The number of amides is 1. The fourth-order valence-electron chi connectivity index (χ4n) is 4.25. The molecule has 0 aromatic carbocycles. The molecule has 10 heteroatoms.